The summed E-state index contributed by atoms with van der Waals surface area (Å²) in [5.74, 6) is 0.383. The largest absolute Gasteiger partial charge is 0.496 e. The topological polar surface area (TPSA) is 75.8 Å². The van der Waals surface area contributed by atoms with Crippen LogP contribution in [-0.2, 0) is 0 Å². The van der Waals surface area contributed by atoms with E-state index in [1.165, 1.54) is 7.11 Å². The lowest BCUT2D eigenvalue weighted by Gasteiger charge is -2.24. The molecular weight excluding hydrogens is 232 g/mol. The number of likely N-dealkylation sites (tertiary alicyclic amines) is 1. The van der Waals surface area contributed by atoms with Crippen LogP contribution in [0.3, 0.4) is 0 Å². The summed E-state index contributed by atoms with van der Waals surface area (Å²) in [6.07, 6.45) is 1.76. The number of rotatable bonds is 3. The van der Waals surface area contributed by atoms with Crippen molar-refractivity contribution >= 4 is 11.6 Å². The molecule has 5 heteroatoms. The Balaban J connectivity index is 2.30. The summed E-state index contributed by atoms with van der Waals surface area (Å²) >= 11 is 0. The Morgan fingerprint density at radius 1 is 1.61 bits per heavy atom. The normalized spacial score (nSPS) is 19.0. The third-order valence-corrected chi connectivity index (χ3v) is 3.30. The van der Waals surface area contributed by atoms with E-state index in [2.05, 4.69) is 0 Å². The maximum atomic E-state index is 12.4. The highest BCUT2D eigenvalue weighted by Gasteiger charge is 2.30. The Kier molecular flexibility index (Phi) is 3.72. The standard InChI is InChI=1S/C13H18N2O3/c1-18-12-5-4-9(14)7-11(12)13(17)15-6-2-3-10(15)8-16/h4-5,7,10,16H,2-3,6,8,14H2,1H3. The van der Waals surface area contributed by atoms with E-state index in [0.717, 1.165) is 12.8 Å². The smallest absolute Gasteiger partial charge is 0.258 e. The van der Waals surface area contributed by atoms with Crippen LogP contribution < -0.4 is 10.5 Å². The van der Waals surface area contributed by atoms with E-state index in [0.29, 0.717) is 23.5 Å². The maximum absolute atomic E-state index is 12.4. The number of carbonyl (C=O) groups excluding carboxylic acids is 1. The van der Waals surface area contributed by atoms with Crippen LogP contribution >= 0.6 is 0 Å². The van der Waals surface area contributed by atoms with E-state index >= 15 is 0 Å². The quantitative estimate of drug-likeness (QED) is 0.781. The molecule has 1 aliphatic heterocycles. The number of carbonyl (C=O) groups is 1. The first-order valence-corrected chi connectivity index (χ1v) is 6.02. The molecule has 0 aromatic heterocycles. The van der Waals surface area contributed by atoms with Crippen molar-refractivity contribution in [1.82, 2.24) is 4.90 Å². The van der Waals surface area contributed by atoms with E-state index in [1.807, 2.05) is 0 Å². The number of nitrogen functional groups attached to an aromatic ring is 1. The van der Waals surface area contributed by atoms with E-state index in [4.69, 9.17) is 10.5 Å². The molecule has 1 atom stereocenters. The van der Waals surface area contributed by atoms with Crippen molar-refractivity contribution in [3.8, 4) is 5.75 Å². The summed E-state index contributed by atoms with van der Waals surface area (Å²) in [6.45, 7) is 0.665. The number of anilines is 1. The second-order valence-corrected chi connectivity index (χ2v) is 4.44. The number of amides is 1. The molecule has 1 aromatic carbocycles. The van der Waals surface area contributed by atoms with Gasteiger partial charge in [-0.1, -0.05) is 0 Å². The average Bonchev–Trinajstić information content (AvgIpc) is 2.86. The molecule has 5 nitrogen and oxygen atoms in total. The van der Waals surface area contributed by atoms with Crippen LogP contribution in [0.5, 0.6) is 5.75 Å². The second-order valence-electron chi connectivity index (χ2n) is 4.44. The zero-order chi connectivity index (χ0) is 13.1. The van der Waals surface area contributed by atoms with Gasteiger partial charge in [-0.15, -0.1) is 0 Å². The highest BCUT2D eigenvalue weighted by molar-refractivity contribution is 5.98. The Hall–Kier alpha value is -1.75. The molecule has 1 unspecified atom stereocenters. The fourth-order valence-electron chi connectivity index (χ4n) is 2.34. The Labute approximate surface area is 106 Å². The molecule has 0 saturated carbocycles. The fourth-order valence-corrected chi connectivity index (χ4v) is 2.34. The lowest BCUT2D eigenvalue weighted by molar-refractivity contribution is 0.0674. The molecule has 3 N–H and O–H groups in total. The molecule has 1 saturated heterocycles. The first kappa shape index (κ1) is 12.7. The molecule has 1 fully saturated rings. The molecule has 1 aromatic rings. The minimum atomic E-state index is -0.129. The number of nitrogens with two attached hydrogens (primary N) is 1. The lowest BCUT2D eigenvalue weighted by atomic mass is 10.1. The van der Waals surface area contributed by atoms with Gasteiger partial charge in [0, 0.05) is 12.2 Å². The SMILES string of the molecule is COc1ccc(N)cc1C(=O)N1CCCC1CO. The number of ether oxygens (including phenoxy) is 1. The predicted octanol–water partition coefficient (Wildman–Crippen LogP) is 0.874. The molecule has 1 heterocycles. The van der Waals surface area contributed by atoms with E-state index in [9.17, 15) is 9.90 Å². The fraction of sp³-hybridized carbons (Fsp3) is 0.462. The molecule has 2 rings (SSSR count). The molecule has 98 valence electrons. The third kappa shape index (κ3) is 2.26. The number of benzene rings is 1. The molecule has 18 heavy (non-hydrogen) atoms. The van der Waals surface area contributed by atoms with Gasteiger partial charge in [-0.25, -0.2) is 0 Å². The van der Waals surface area contributed by atoms with Crippen LogP contribution in [0, 0.1) is 0 Å². The van der Waals surface area contributed by atoms with Crippen LogP contribution in [-0.4, -0.2) is 42.2 Å². The van der Waals surface area contributed by atoms with E-state index < -0.39 is 0 Å². The highest BCUT2D eigenvalue weighted by atomic mass is 16.5. The number of hydrogen-bond donors (Lipinski definition) is 2. The van der Waals surface area contributed by atoms with Gasteiger partial charge in [-0.2, -0.15) is 0 Å². The number of aliphatic hydroxyl groups excluding tert-OH is 1. The first-order valence-electron chi connectivity index (χ1n) is 6.02. The van der Waals surface area contributed by atoms with Gasteiger partial charge in [0.1, 0.15) is 5.75 Å². The van der Waals surface area contributed by atoms with E-state index in [1.54, 1.807) is 23.1 Å². The van der Waals surface area contributed by atoms with Gasteiger partial charge >= 0.3 is 0 Å². The zero-order valence-electron chi connectivity index (χ0n) is 10.4. The summed E-state index contributed by atoms with van der Waals surface area (Å²) in [5.41, 5.74) is 6.69. The van der Waals surface area contributed by atoms with Gasteiger partial charge in [-0.05, 0) is 31.0 Å². The van der Waals surface area contributed by atoms with Crippen LogP contribution in [0.25, 0.3) is 0 Å². The van der Waals surface area contributed by atoms with Crippen molar-refractivity contribution in [2.24, 2.45) is 0 Å². The van der Waals surface area contributed by atoms with Crippen LogP contribution in [0.4, 0.5) is 5.69 Å². The van der Waals surface area contributed by atoms with Gasteiger partial charge in [-0.3, -0.25) is 4.79 Å². The maximum Gasteiger partial charge on any atom is 0.258 e. The molecule has 0 radical (unpaired) electrons. The lowest BCUT2D eigenvalue weighted by Crippen LogP contribution is -2.37. The Morgan fingerprint density at radius 2 is 2.39 bits per heavy atom. The van der Waals surface area contributed by atoms with Crippen molar-refractivity contribution in [1.29, 1.82) is 0 Å². The Bertz CT molecular complexity index is 448. The molecule has 0 aliphatic carbocycles. The van der Waals surface area contributed by atoms with Crippen LogP contribution in [0.1, 0.15) is 23.2 Å². The van der Waals surface area contributed by atoms with Crippen LogP contribution in [0.2, 0.25) is 0 Å². The molecule has 1 aliphatic rings. The molecule has 1 amide bonds. The summed E-state index contributed by atoms with van der Waals surface area (Å²) in [6, 6.07) is 4.91. The number of nitrogens with zero attached hydrogens (tertiary/aromatic N) is 1. The summed E-state index contributed by atoms with van der Waals surface area (Å²) in [7, 11) is 1.52. The van der Waals surface area contributed by atoms with Crippen molar-refractivity contribution in [3.63, 3.8) is 0 Å². The first-order chi connectivity index (χ1) is 8.67. The number of hydrogen-bond acceptors (Lipinski definition) is 4. The third-order valence-electron chi connectivity index (χ3n) is 3.30. The summed E-state index contributed by atoms with van der Waals surface area (Å²) < 4.78 is 5.18. The highest BCUT2D eigenvalue weighted by Crippen LogP contribution is 2.26. The minimum Gasteiger partial charge on any atom is -0.496 e. The van der Waals surface area contributed by atoms with Gasteiger partial charge in [0.05, 0.1) is 25.3 Å². The molecule has 0 bridgehead atoms. The molecule has 0 spiro atoms. The van der Waals surface area contributed by atoms with Crippen molar-refractivity contribution in [2.75, 3.05) is 26.0 Å². The second kappa shape index (κ2) is 5.27. The Morgan fingerprint density at radius 3 is 3.06 bits per heavy atom. The predicted molar refractivity (Wildman–Crippen MR) is 68.6 cm³/mol. The van der Waals surface area contributed by atoms with Crippen molar-refractivity contribution < 1.29 is 14.6 Å². The van der Waals surface area contributed by atoms with Gasteiger partial charge in [0.25, 0.3) is 5.91 Å². The minimum absolute atomic E-state index is 0.00360. The van der Waals surface area contributed by atoms with E-state index in [-0.39, 0.29) is 18.6 Å². The molecular formula is C13H18N2O3. The average molecular weight is 250 g/mol. The van der Waals surface area contributed by atoms with Crippen LogP contribution in [0.15, 0.2) is 18.2 Å². The van der Waals surface area contributed by atoms with Gasteiger partial charge in [0.15, 0.2) is 0 Å². The monoisotopic (exact) mass is 250 g/mol. The van der Waals surface area contributed by atoms with Gasteiger partial charge < -0.3 is 20.5 Å². The van der Waals surface area contributed by atoms with Gasteiger partial charge in [0.2, 0.25) is 0 Å². The number of aliphatic hydroxyl groups is 1. The zero-order valence-corrected chi connectivity index (χ0v) is 10.4. The van der Waals surface area contributed by atoms with Crippen molar-refractivity contribution in [3.05, 3.63) is 23.8 Å². The number of methoxy groups -OCH3 is 1. The summed E-state index contributed by atoms with van der Waals surface area (Å²) in [4.78, 5) is 14.1. The van der Waals surface area contributed by atoms with Crippen molar-refractivity contribution in [2.45, 2.75) is 18.9 Å². The summed E-state index contributed by atoms with van der Waals surface area (Å²) in [5, 5.41) is 9.26.